The fraction of sp³-hybridized carbons (Fsp3) is 0.500. The van der Waals surface area contributed by atoms with Crippen LogP contribution in [0, 0.1) is 11.6 Å². The number of hydrogen-bond donors (Lipinski definition) is 4. The molecule has 8 nitrogen and oxygen atoms in total. The normalized spacial score (nSPS) is 12.6. The number of carbonyl (C=O) groups excluding carboxylic acids is 2. The molecule has 4 N–H and O–H groups in total. The van der Waals surface area contributed by atoms with E-state index in [0.717, 1.165) is 30.2 Å². The molecule has 0 heterocycles. The Morgan fingerprint density at radius 2 is 1.74 bits per heavy atom. The van der Waals surface area contributed by atoms with E-state index in [-0.39, 0.29) is 25.4 Å². The van der Waals surface area contributed by atoms with E-state index in [9.17, 15) is 23.5 Å². The number of alkyl halides is 2. The van der Waals surface area contributed by atoms with Gasteiger partial charge in [0.05, 0.1) is 0 Å². The summed E-state index contributed by atoms with van der Waals surface area (Å²) in [6.45, 7) is 6.23. The van der Waals surface area contributed by atoms with Crippen LogP contribution in [0.15, 0.2) is 42.5 Å². The Labute approximate surface area is 240 Å². The van der Waals surface area contributed by atoms with Crippen molar-refractivity contribution in [1.82, 2.24) is 20.9 Å². The van der Waals surface area contributed by atoms with Crippen LogP contribution in [-0.2, 0) is 15.8 Å². The molecule has 2 aromatic rings. The Bertz CT molecular complexity index is 1020. The number of hydrogen-bond acceptors (Lipinski definition) is 5. The molecule has 0 saturated heterocycles. The summed E-state index contributed by atoms with van der Waals surface area (Å²) in [5.41, 5.74) is 1.44. The molecule has 0 bridgehead atoms. The topological polar surface area (TPSA) is 103 Å². The number of ether oxygens (including phenoxy) is 1. The van der Waals surface area contributed by atoms with Crippen molar-refractivity contribution in [2.75, 3.05) is 33.3 Å². The fourth-order valence-electron chi connectivity index (χ4n) is 3.87. The third-order valence-electron chi connectivity index (χ3n) is 5.71. The van der Waals surface area contributed by atoms with Gasteiger partial charge in [-0.15, -0.1) is 0 Å². The molecule has 0 aliphatic heterocycles. The predicted molar refractivity (Wildman–Crippen MR) is 143 cm³/mol. The maximum atomic E-state index is 13.7. The first-order valence-electron chi connectivity index (χ1n) is 13.1. The first kappa shape index (κ1) is 32.7. The van der Waals surface area contributed by atoms with Crippen LogP contribution in [-0.4, -0.2) is 65.4 Å². The van der Waals surface area contributed by atoms with Crippen LogP contribution in [0.5, 0.6) is 5.75 Å². The molecule has 11 heteroatoms. The van der Waals surface area contributed by atoms with E-state index in [4.69, 9.17) is 4.74 Å². The van der Waals surface area contributed by atoms with Gasteiger partial charge in [0.15, 0.2) is 0 Å². The summed E-state index contributed by atoms with van der Waals surface area (Å²) in [7, 11) is 1.59. The number of methoxy groups -OCH3 is 1. The number of benzene rings is 2. The number of nitrogens with one attached hydrogen (secondary N) is 3. The van der Waals surface area contributed by atoms with E-state index >= 15 is 0 Å². The van der Waals surface area contributed by atoms with E-state index in [1.54, 1.807) is 12.0 Å². The van der Waals surface area contributed by atoms with E-state index in [2.05, 4.69) is 16.0 Å². The summed E-state index contributed by atoms with van der Waals surface area (Å²) < 4.78 is 32.3. The van der Waals surface area contributed by atoms with Crippen LogP contribution in [0.2, 0.25) is 0 Å². The number of halogens is 3. The van der Waals surface area contributed by atoms with Crippen LogP contribution in [0.3, 0.4) is 0 Å². The van der Waals surface area contributed by atoms with E-state index < -0.39 is 49.0 Å². The van der Waals surface area contributed by atoms with Gasteiger partial charge in [-0.05, 0) is 0 Å². The molecule has 0 radical (unpaired) electrons. The average Bonchev–Trinajstić information content (AvgIpc) is 2.90. The summed E-state index contributed by atoms with van der Waals surface area (Å²) in [5.74, 6) is -0.619. The van der Waals surface area contributed by atoms with Crippen molar-refractivity contribution in [2.24, 2.45) is 0 Å². The van der Waals surface area contributed by atoms with Crippen LogP contribution in [0.25, 0.3) is 0 Å². The molecule has 2 unspecified atom stereocenters. The van der Waals surface area contributed by atoms with Gasteiger partial charge in [-0.3, -0.25) is 0 Å². The van der Waals surface area contributed by atoms with Gasteiger partial charge in [0.1, 0.15) is 0 Å². The van der Waals surface area contributed by atoms with Gasteiger partial charge in [0, 0.05) is 0 Å². The number of aliphatic hydroxyl groups excluding tert-OH is 1. The van der Waals surface area contributed by atoms with Gasteiger partial charge >= 0.3 is 241 Å². The molecule has 0 fully saturated rings. The van der Waals surface area contributed by atoms with Crippen LogP contribution in [0.1, 0.15) is 44.2 Å². The first-order valence-corrected chi connectivity index (χ1v) is 15.9. The van der Waals surface area contributed by atoms with E-state index in [1.807, 2.05) is 38.1 Å². The minimum atomic E-state index is -0.940. The molecule has 0 aromatic heterocycles. The van der Waals surface area contributed by atoms with Gasteiger partial charge in [0.25, 0.3) is 0 Å². The molecule has 0 aliphatic carbocycles. The second-order valence-electron chi connectivity index (χ2n) is 9.05. The number of nitrogens with zero attached hydrogens (tertiary/aromatic N) is 1. The van der Waals surface area contributed by atoms with Gasteiger partial charge < -0.3 is 0 Å². The Morgan fingerprint density at radius 1 is 1.05 bits per heavy atom. The molecular formula is C28H40F2IN4O4-. The Kier molecular flexibility index (Phi) is 15.1. The fourth-order valence-corrected chi connectivity index (χ4v) is 6.63. The molecule has 3 amide bonds. The molecule has 218 valence electrons. The standard InChI is InChI=1S/C28H40F2IN4O4/c1-4-11-35(12-5-2)26(37)9-10-33-28(38)34-27(31-17-21-13-22(29)16-23(30)14-21)25(36)19-32-18-20-7-6-8-24(15-20)39-3/h6-8,13-16,25,27,32,36H,4-5,9-12,17-19H2,1-3H3,(H2,33,34,38)/q-1. The van der Waals surface area contributed by atoms with Gasteiger partial charge in [-0.1, -0.05) is 0 Å². The van der Waals surface area contributed by atoms with Crippen LogP contribution in [0.4, 0.5) is 13.6 Å². The number of rotatable bonds is 17. The Balaban J connectivity index is 1.95. The molecule has 2 atom stereocenters. The number of aliphatic hydroxyl groups is 1. The van der Waals surface area contributed by atoms with Crippen LogP contribution >= 0.6 is 0 Å². The zero-order valence-corrected chi connectivity index (χ0v) is 25.0. The molecule has 39 heavy (non-hydrogen) atoms. The van der Waals surface area contributed by atoms with Crippen molar-refractivity contribution < 1.29 is 49.4 Å². The van der Waals surface area contributed by atoms with Gasteiger partial charge in [-0.2, -0.15) is 0 Å². The Hall–Kier alpha value is -2.51. The zero-order chi connectivity index (χ0) is 28.6. The molecule has 0 saturated carbocycles. The van der Waals surface area contributed by atoms with E-state index in [0.29, 0.717) is 29.6 Å². The average molecular weight is 662 g/mol. The quantitative estimate of drug-likeness (QED) is 0.112. The molecule has 0 aliphatic rings. The number of carbonyl (C=O) groups is 2. The molecular weight excluding hydrogens is 621 g/mol. The third kappa shape index (κ3) is 12.5. The Morgan fingerprint density at radius 3 is 2.38 bits per heavy atom. The summed E-state index contributed by atoms with van der Waals surface area (Å²) in [4.78, 5) is 26.9. The first-order chi connectivity index (χ1) is 18.7. The van der Waals surface area contributed by atoms with Crippen molar-refractivity contribution >= 4 is 11.9 Å². The molecule has 2 rings (SSSR count). The summed E-state index contributed by atoms with van der Waals surface area (Å²) in [5, 5.41) is 19.6. The van der Waals surface area contributed by atoms with Gasteiger partial charge in [-0.25, -0.2) is 0 Å². The summed E-state index contributed by atoms with van der Waals surface area (Å²) in [6, 6.07) is 10.4. The molecule has 2 aromatic carbocycles. The van der Waals surface area contributed by atoms with Crippen molar-refractivity contribution in [1.29, 1.82) is 0 Å². The maximum absolute atomic E-state index is 13.7. The van der Waals surface area contributed by atoms with Crippen molar-refractivity contribution in [3.8, 4) is 5.75 Å². The van der Waals surface area contributed by atoms with Crippen LogP contribution < -0.4 is 41.9 Å². The number of urea groups is 1. The number of amides is 3. The van der Waals surface area contributed by atoms with Gasteiger partial charge in [0.2, 0.25) is 0 Å². The SMILES string of the molecule is CCCN(CCC)C(=O)CCNC(=O)NC([I-]Cc1cc(F)cc(F)c1)C(O)CNCc1cccc(OC)c1. The van der Waals surface area contributed by atoms with Crippen molar-refractivity contribution in [3.63, 3.8) is 0 Å². The monoisotopic (exact) mass is 661 g/mol. The second kappa shape index (κ2) is 18.0. The van der Waals surface area contributed by atoms with Crippen molar-refractivity contribution in [3.05, 3.63) is 65.2 Å². The third-order valence-corrected chi connectivity index (χ3v) is 9.12. The minimum absolute atomic E-state index is 0.0158. The summed E-state index contributed by atoms with van der Waals surface area (Å²) >= 11 is -0.940. The summed E-state index contributed by atoms with van der Waals surface area (Å²) in [6.07, 6.45) is 0.979. The predicted octanol–water partition coefficient (Wildman–Crippen LogP) is 0.377. The molecule has 0 spiro atoms. The van der Waals surface area contributed by atoms with E-state index in [1.165, 1.54) is 12.1 Å². The zero-order valence-electron chi connectivity index (χ0n) is 22.8. The van der Waals surface area contributed by atoms with Crippen molar-refractivity contribution in [2.45, 2.75) is 54.2 Å². The second-order valence-corrected chi connectivity index (χ2v) is 12.0.